The van der Waals surface area contributed by atoms with E-state index in [0.29, 0.717) is 30.1 Å². The molecule has 0 heterocycles. The SMILES string of the molecule is CCCCNC(=O)[C@H](Cc1ccccc1)N(Cc1ccc(Cl)cc1)C(=O)CCCN(c1ccc(C)cc1)S(C)(=O)=O. The average Bonchev–Trinajstić information content (AvgIpc) is 2.94. The molecule has 0 bridgehead atoms. The topological polar surface area (TPSA) is 86.8 Å². The number of nitrogens with zero attached hydrogens (tertiary/aromatic N) is 2. The molecule has 0 aromatic heterocycles. The van der Waals surface area contributed by atoms with Crippen LogP contribution in [0.15, 0.2) is 78.9 Å². The number of sulfonamides is 1. The van der Waals surface area contributed by atoms with Crippen LogP contribution in [-0.4, -0.2) is 50.5 Å². The number of aryl methyl sites for hydroxylation is 1. The first-order valence-electron chi connectivity index (χ1n) is 14.0. The summed E-state index contributed by atoms with van der Waals surface area (Å²) in [6.07, 6.45) is 3.69. The van der Waals surface area contributed by atoms with E-state index in [1.165, 1.54) is 4.31 Å². The summed E-state index contributed by atoms with van der Waals surface area (Å²) in [4.78, 5) is 29.0. The van der Waals surface area contributed by atoms with E-state index in [-0.39, 0.29) is 31.3 Å². The minimum absolute atomic E-state index is 0.0823. The Morgan fingerprint density at radius 1 is 0.902 bits per heavy atom. The van der Waals surface area contributed by atoms with E-state index >= 15 is 0 Å². The fourth-order valence-corrected chi connectivity index (χ4v) is 5.65. The molecule has 3 aromatic carbocycles. The van der Waals surface area contributed by atoms with Gasteiger partial charge in [-0.1, -0.05) is 85.1 Å². The summed E-state index contributed by atoms with van der Waals surface area (Å²) < 4.78 is 26.5. The molecule has 0 radical (unpaired) electrons. The van der Waals surface area contributed by atoms with Crippen molar-refractivity contribution >= 4 is 39.1 Å². The second-order valence-electron chi connectivity index (χ2n) is 10.3. The van der Waals surface area contributed by atoms with Crippen molar-refractivity contribution < 1.29 is 18.0 Å². The molecule has 1 N–H and O–H groups in total. The Balaban J connectivity index is 1.86. The first kappa shape index (κ1) is 32.2. The Morgan fingerprint density at radius 2 is 1.56 bits per heavy atom. The summed E-state index contributed by atoms with van der Waals surface area (Å²) in [5.41, 5.74) is 3.37. The third kappa shape index (κ3) is 10.2. The molecule has 0 unspecified atom stereocenters. The third-order valence-corrected chi connectivity index (χ3v) is 8.29. The fourth-order valence-electron chi connectivity index (χ4n) is 4.56. The molecule has 0 spiro atoms. The van der Waals surface area contributed by atoms with Crippen LogP contribution in [0.2, 0.25) is 5.02 Å². The molecular weight excluding hydrogens is 558 g/mol. The highest BCUT2D eigenvalue weighted by atomic mass is 35.5. The van der Waals surface area contributed by atoms with Gasteiger partial charge in [-0.3, -0.25) is 13.9 Å². The number of anilines is 1. The lowest BCUT2D eigenvalue weighted by atomic mass is 10.0. The summed E-state index contributed by atoms with van der Waals surface area (Å²) in [7, 11) is -3.55. The van der Waals surface area contributed by atoms with E-state index in [9.17, 15) is 18.0 Å². The second-order valence-corrected chi connectivity index (χ2v) is 12.6. The molecule has 9 heteroatoms. The van der Waals surface area contributed by atoms with Crippen LogP contribution >= 0.6 is 11.6 Å². The maximum atomic E-state index is 13.8. The van der Waals surface area contributed by atoms with Gasteiger partial charge in [0, 0.05) is 37.5 Å². The van der Waals surface area contributed by atoms with Gasteiger partial charge in [-0.25, -0.2) is 8.42 Å². The highest BCUT2D eigenvalue weighted by Crippen LogP contribution is 2.21. The van der Waals surface area contributed by atoms with E-state index < -0.39 is 16.1 Å². The number of carbonyl (C=O) groups is 2. The Labute approximate surface area is 249 Å². The summed E-state index contributed by atoms with van der Waals surface area (Å²) in [6, 6.07) is 23.4. The van der Waals surface area contributed by atoms with Crippen molar-refractivity contribution in [3.63, 3.8) is 0 Å². The van der Waals surface area contributed by atoms with E-state index in [1.807, 2.05) is 61.5 Å². The van der Waals surface area contributed by atoms with Crippen molar-refractivity contribution in [2.24, 2.45) is 0 Å². The van der Waals surface area contributed by atoms with Gasteiger partial charge in [0.25, 0.3) is 0 Å². The lowest BCUT2D eigenvalue weighted by molar-refractivity contribution is -0.141. The maximum Gasteiger partial charge on any atom is 0.243 e. The number of benzene rings is 3. The highest BCUT2D eigenvalue weighted by molar-refractivity contribution is 7.92. The van der Waals surface area contributed by atoms with E-state index in [4.69, 9.17) is 11.6 Å². The van der Waals surface area contributed by atoms with Crippen LogP contribution in [0.5, 0.6) is 0 Å². The van der Waals surface area contributed by atoms with Gasteiger partial charge in [0.15, 0.2) is 0 Å². The van der Waals surface area contributed by atoms with Gasteiger partial charge in [0.05, 0.1) is 11.9 Å². The van der Waals surface area contributed by atoms with Crippen LogP contribution in [0.4, 0.5) is 5.69 Å². The molecule has 0 aliphatic carbocycles. The summed E-state index contributed by atoms with van der Waals surface area (Å²) in [5, 5.41) is 3.60. The Hall–Kier alpha value is -3.36. The van der Waals surface area contributed by atoms with Crippen molar-refractivity contribution in [2.45, 2.75) is 58.5 Å². The smallest absolute Gasteiger partial charge is 0.243 e. The number of carbonyl (C=O) groups excluding carboxylic acids is 2. The Morgan fingerprint density at radius 3 is 2.17 bits per heavy atom. The van der Waals surface area contributed by atoms with Crippen molar-refractivity contribution in [3.8, 4) is 0 Å². The summed E-state index contributed by atoms with van der Waals surface area (Å²) >= 11 is 6.10. The summed E-state index contributed by atoms with van der Waals surface area (Å²) in [5.74, 6) is -0.425. The molecule has 220 valence electrons. The van der Waals surface area contributed by atoms with Crippen LogP contribution in [0.1, 0.15) is 49.3 Å². The van der Waals surface area contributed by atoms with Crippen molar-refractivity contribution in [3.05, 3.63) is 101 Å². The molecule has 3 aromatic rings. The molecule has 0 fully saturated rings. The number of nitrogens with one attached hydrogen (secondary N) is 1. The number of hydrogen-bond acceptors (Lipinski definition) is 4. The van der Waals surface area contributed by atoms with Crippen LogP contribution in [0.25, 0.3) is 0 Å². The summed E-state index contributed by atoms with van der Waals surface area (Å²) in [6.45, 7) is 4.90. The molecule has 3 rings (SSSR count). The third-order valence-electron chi connectivity index (χ3n) is 6.84. The molecule has 2 amide bonds. The lowest BCUT2D eigenvalue weighted by Crippen LogP contribution is -2.50. The second kappa shape index (κ2) is 15.6. The predicted molar refractivity (Wildman–Crippen MR) is 166 cm³/mol. The maximum absolute atomic E-state index is 13.8. The van der Waals surface area contributed by atoms with Crippen molar-refractivity contribution in [2.75, 3.05) is 23.7 Å². The fraction of sp³-hybridized carbons (Fsp3) is 0.375. The van der Waals surface area contributed by atoms with Gasteiger partial charge in [-0.05, 0) is 55.2 Å². The zero-order valence-corrected chi connectivity index (χ0v) is 25.6. The van der Waals surface area contributed by atoms with Gasteiger partial charge in [0.1, 0.15) is 6.04 Å². The minimum Gasteiger partial charge on any atom is -0.354 e. The molecule has 7 nitrogen and oxygen atoms in total. The first-order valence-corrected chi connectivity index (χ1v) is 16.2. The number of unbranched alkanes of at least 4 members (excludes halogenated alkanes) is 1. The molecule has 0 aliphatic rings. The largest absolute Gasteiger partial charge is 0.354 e. The quantitative estimate of drug-likeness (QED) is 0.226. The molecule has 41 heavy (non-hydrogen) atoms. The zero-order valence-electron chi connectivity index (χ0n) is 24.1. The molecule has 0 aliphatic heterocycles. The zero-order chi connectivity index (χ0) is 29.8. The normalized spacial score (nSPS) is 12.0. The number of hydrogen-bond donors (Lipinski definition) is 1. The van der Waals surface area contributed by atoms with E-state index in [2.05, 4.69) is 12.2 Å². The van der Waals surface area contributed by atoms with Crippen molar-refractivity contribution in [1.82, 2.24) is 10.2 Å². The van der Waals surface area contributed by atoms with Gasteiger partial charge < -0.3 is 10.2 Å². The first-order chi connectivity index (χ1) is 19.6. The lowest BCUT2D eigenvalue weighted by Gasteiger charge is -2.32. The molecule has 1 atom stereocenters. The molecule has 0 saturated heterocycles. The minimum atomic E-state index is -3.55. The van der Waals surface area contributed by atoms with Gasteiger partial charge in [-0.2, -0.15) is 0 Å². The van der Waals surface area contributed by atoms with Crippen LogP contribution < -0.4 is 9.62 Å². The highest BCUT2D eigenvalue weighted by Gasteiger charge is 2.30. The van der Waals surface area contributed by atoms with Gasteiger partial charge in [-0.15, -0.1) is 0 Å². The van der Waals surface area contributed by atoms with Crippen LogP contribution in [0, 0.1) is 6.92 Å². The van der Waals surface area contributed by atoms with Gasteiger partial charge in [0.2, 0.25) is 21.8 Å². The van der Waals surface area contributed by atoms with Crippen LogP contribution in [0.3, 0.4) is 0 Å². The number of amides is 2. The standard InChI is InChI=1S/C32H40ClN3O4S/c1-4-5-21-34-32(38)30(23-26-10-7-6-8-11-26)35(24-27-15-17-28(33)18-16-27)31(37)12-9-22-36(41(3,39)40)29-19-13-25(2)14-20-29/h6-8,10-11,13-20,30H,4-5,9,12,21-24H2,1-3H3,(H,34,38)/t30-/m0/s1. The number of halogens is 1. The van der Waals surface area contributed by atoms with Gasteiger partial charge >= 0.3 is 0 Å². The molecule has 0 saturated carbocycles. The Bertz CT molecular complexity index is 1360. The van der Waals surface area contributed by atoms with E-state index in [0.717, 1.165) is 35.8 Å². The Kier molecular flexibility index (Phi) is 12.2. The predicted octanol–water partition coefficient (Wildman–Crippen LogP) is 5.75. The van der Waals surface area contributed by atoms with Crippen molar-refractivity contribution in [1.29, 1.82) is 0 Å². The molecular formula is C32H40ClN3O4S. The van der Waals surface area contributed by atoms with Crippen LogP contribution in [-0.2, 0) is 32.6 Å². The number of rotatable bonds is 15. The average molecular weight is 598 g/mol. The monoisotopic (exact) mass is 597 g/mol. The van der Waals surface area contributed by atoms with E-state index in [1.54, 1.807) is 29.2 Å².